The SMILES string of the molecule is CC(=O)Nc1cc(NC(=O)c2cc(NC(=O)C3C(c4cc(Cl)cc(Cl)c4)C3(Cl)Cl)ccc2Cl)ccc1F. The molecule has 1 aliphatic carbocycles. The van der Waals surface area contributed by atoms with Gasteiger partial charge in [0.25, 0.3) is 5.91 Å². The molecule has 1 fully saturated rings. The fraction of sp³-hybridized carbons (Fsp3) is 0.160. The molecule has 192 valence electrons. The summed E-state index contributed by atoms with van der Waals surface area (Å²) in [6.07, 6.45) is 0. The first-order valence-electron chi connectivity index (χ1n) is 10.7. The lowest BCUT2D eigenvalue weighted by molar-refractivity contribution is -0.117. The summed E-state index contributed by atoms with van der Waals surface area (Å²) in [5.41, 5.74) is 1.06. The highest BCUT2D eigenvalue weighted by Gasteiger charge is 2.67. The number of benzene rings is 3. The molecule has 3 aromatic carbocycles. The van der Waals surface area contributed by atoms with Crippen LogP contribution in [-0.2, 0) is 9.59 Å². The molecule has 4 rings (SSSR count). The predicted octanol–water partition coefficient (Wildman–Crippen LogP) is 7.52. The highest BCUT2D eigenvalue weighted by Crippen LogP contribution is 2.65. The van der Waals surface area contributed by atoms with Crippen LogP contribution in [0.5, 0.6) is 0 Å². The van der Waals surface area contributed by atoms with E-state index >= 15 is 0 Å². The molecule has 3 aromatic rings. The maximum Gasteiger partial charge on any atom is 0.257 e. The van der Waals surface area contributed by atoms with Crippen LogP contribution >= 0.6 is 58.0 Å². The van der Waals surface area contributed by atoms with Gasteiger partial charge in [0.05, 0.1) is 22.2 Å². The zero-order chi connectivity index (χ0) is 27.1. The third-order valence-corrected chi connectivity index (χ3v) is 7.30. The Hall–Kier alpha value is -2.55. The second-order valence-electron chi connectivity index (χ2n) is 8.35. The smallest absolute Gasteiger partial charge is 0.257 e. The molecule has 2 unspecified atom stereocenters. The van der Waals surface area contributed by atoms with E-state index in [1.807, 2.05) is 0 Å². The minimum Gasteiger partial charge on any atom is -0.326 e. The van der Waals surface area contributed by atoms with Crippen LogP contribution in [0.4, 0.5) is 21.5 Å². The quantitative estimate of drug-likeness (QED) is 0.255. The maximum atomic E-state index is 13.9. The lowest BCUT2D eigenvalue weighted by Gasteiger charge is -2.12. The summed E-state index contributed by atoms with van der Waals surface area (Å²) in [7, 11) is 0. The van der Waals surface area contributed by atoms with Crippen LogP contribution in [0.25, 0.3) is 0 Å². The summed E-state index contributed by atoms with van der Waals surface area (Å²) in [5.74, 6) is -3.57. The average molecular weight is 604 g/mol. The molecule has 1 saturated carbocycles. The van der Waals surface area contributed by atoms with E-state index in [1.165, 1.54) is 37.3 Å². The Morgan fingerprint density at radius 1 is 0.838 bits per heavy atom. The van der Waals surface area contributed by atoms with Crippen LogP contribution in [0, 0.1) is 11.7 Å². The Morgan fingerprint density at radius 2 is 1.46 bits per heavy atom. The second-order valence-corrected chi connectivity index (χ2v) is 11.1. The van der Waals surface area contributed by atoms with Gasteiger partial charge in [0.1, 0.15) is 10.2 Å². The molecule has 0 aliphatic heterocycles. The van der Waals surface area contributed by atoms with Gasteiger partial charge in [-0.25, -0.2) is 4.39 Å². The van der Waals surface area contributed by atoms with Gasteiger partial charge in [-0.3, -0.25) is 14.4 Å². The molecule has 2 atom stereocenters. The Morgan fingerprint density at radius 3 is 2.11 bits per heavy atom. The van der Waals surface area contributed by atoms with Crippen molar-refractivity contribution in [2.75, 3.05) is 16.0 Å². The topological polar surface area (TPSA) is 87.3 Å². The number of alkyl halides is 2. The van der Waals surface area contributed by atoms with Crippen molar-refractivity contribution in [3.05, 3.63) is 86.6 Å². The second kappa shape index (κ2) is 10.7. The van der Waals surface area contributed by atoms with E-state index in [0.717, 1.165) is 6.07 Å². The van der Waals surface area contributed by atoms with Crippen molar-refractivity contribution < 1.29 is 18.8 Å². The largest absolute Gasteiger partial charge is 0.326 e. The number of hydrogen-bond donors (Lipinski definition) is 3. The Labute approximate surface area is 236 Å². The Kier molecular flexibility index (Phi) is 7.93. The molecule has 0 radical (unpaired) electrons. The zero-order valence-electron chi connectivity index (χ0n) is 18.8. The molecule has 12 heteroatoms. The van der Waals surface area contributed by atoms with Crippen molar-refractivity contribution >= 4 is 92.8 Å². The predicted molar refractivity (Wildman–Crippen MR) is 146 cm³/mol. The normalized spacial score (nSPS) is 17.6. The third-order valence-electron chi connectivity index (χ3n) is 5.59. The molecular weight excluding hydrogens is 587 g/mol. The number of hydrogen-bond acceptors (Lipinski definition) is 3. The molecule has 0 aromatic heterocycles. The van der Waals surface area contributed by atoms with Crippen molar-refractivity contribution in [3.63, 3.8) is 0 Å². The summed E-state index contributed by atoms with van der Waals surface area (Å²) >= 11 is 31.2. The molecule has 0 saturated heterocycles. The zero-order valence-corrected chi connectivity index (χ0v) is 22.6. The highest BCUT2D eigenvalue weighted by atomic mass is 35.5. The van der Waals surface area contributed by atoms with E-state index in [2.05, 4.69) is 16.0 Å². The van der Waals surface area contributed by atoms with Crippen molar-refractivity contribution in [2.24, 2.45) is 5.92 Å². The molecule has 0 spiro atoms. The third kappa shape index (κ3) is 6.13. The summed E-state index contributed by atoms with van der Waals surface area (Å²) < 4.78 is 12.5. The fourth-order valence-electron chi connectivity index (χ4n) is 3.91. The van der Waals surface area contributed by atoms with Gasteiger partial charge in [0.2, 0.25) is 11.8 Å². The number of carbonyl (C=O) groups is 3. The fourth-order valence-corrected chi connectivity index (χ4v) is 5.48. The van der Waals surface area contributed by atoms with E-state index in [-0.39, 0.29) is 27.6 Å². The van der Waals surface area contributed by atoms with Crippen LogP contribution < -0.4 is 16.0 Å². The maximum absolute atomic E-state index is 13.9. The summed E-state index contributed by atoms with van der Waals surface area (Å²) in [6.45, 7) is 1.23. The Bertz CT molecular complexity index is 1410. The number of rotatable bonds is 6. The van der Waals surface area contributed by atoms with E-state index in [4.69, 9.17) is 58.0 Å². The molecule has 6 nitrogen and oxygen atoms in total. The molecule has 1 aliphatic rings. The van der Waals surface area contributed by atoms with E-state index in [0.29, 0.717) is 15.6 Å². The van der Waals surface area contributed by atoms with E-state index in [1.54, 1.807) is 18.2 Å². The molecule has 37 heavy (non-hydrogen) atoms. The van der Waals surface area contributed by atoms with Crippen molar-refractivity contribution in [1.82, 2.24) is 0 Å². The minimum atomic E-state index is -1.38. The number of halogens is 6. The van der Waals surface area contributed by atoms with Crippen molar-refractivity contribution in [2.45, 2.75) is 17.2 Å². The molecule has 3 N–H and O–H groups in total. The number of carbonyl (C=O) groups excluding carboxylic acids is 3. The number of anilines is 3. The molecule has 3 amide bonds. The van der Waals surface area contributed by atoms with Crippen LogP contribution in [0.2, 0.25) is 15.1 Å². The summed E-state index contributed by atoms with van der Waals surface area (Å²) in [6, 6.07) is 12.9. The van der Waals surface area contributed by atoms with Gasteiger partial charge in [0, 0.05) is 34.3 Å². The molecule has 0 bridgehead atoms. The van der Waals surface area contributed by atoms with E-state index < -0.39 is 39.7 Å². The molecule has 0 heterocycles. The summed E-state index contributed by atoms with van der Waals surface area (Å²) in [5, 5.41) is 8.51. The van der Waals surface area contributed by atoms with Gasteiger partial charge in [-0.15, -0.1) is 23.2 Å². The number of amides is 3. The molecular formula is C25H17Cl5FN3O3. The minimum absolute atomic E-state index is 0.0434. The number of nitrogens with one attached hydrogen (secondary N) is 3. The lowest BCUT2D eigenvalue weighted by atomic mass is 10.1. The van der Waals surface area contributed by atoms with E-state index in [9.17, 15) is 18.8 Å². The van der Waals surface area contributed by atoms with Gasteiger partial charge in [-0.05, 0) is 60.2 Å². The first-order chi connectivity index (χ1) is 17.4. The van der Waals surface area contributed by atoms with Crippen LogP contribution in [-0.4, -0.2) is 22.1 Å². The average Bonchev–Trinajstić information content (AvgIpc) is 3.38. The van der Waals surface area contributed by atoms with Crippen LogP contribution in [0.15, 0.2) is 54.6 Å². The van der Waals surface area contributed by atoms with Gasteiger partial charge < -0.3 is 16.0 Å². The van der Waals surface area contributed by atoms with Gasteiger partial charge in [-0.1, -0.05) is 34.8 Å². The Balaban J connectivity index is 1.50. The first-order valence-corrected chi connectivity index (χ1v) is 12.6. The van der Waals surface area contributed by atoms with Gasteiger partial charge >= 0.3 is 0 Å². The summed E-state index contributed by atoms with van der Waals surface area (Å²) in [4.78, 5) is 37.2. The monoisotopic (exact) mass is 601 g/mol. The first kappa shape index (κ1) is 27.5. The van der Waals surface area contributed by atoms with Crippen LogP contribution in [0.1, 0.15) is 28.8 Å². The van der Waals surface area contributed by atoms with Gasteiger partial charge in [-0.2, -0.15) is 0 Å². The highest BCUT2D eigenvalue weighted by molar-refractivity contribution is 6.53. The van der Waals surface area contributed by atoms with Crippen LogP contribution in [0.3, 0.4) is 0 Å². The van der Waals surface area contributed by atoms with Gasteiger partial charge in [0.15, 0.2) is 0 Å². The standard InChI is InChI=1S/C25H17Cl5FN3O3/c1-11(35)32-20-10-16(3-5-19(20)31)33-23(36)17-9-15(2-4-18(17)28)34-24(37)22-21(25(22,29)30)12-6-13(26)8-14(27)7-12/h2-10,21-22H,1H3,(H,32,35)(H,33,36)(H,34,37). The van der Waals surface area contributed by atoms with Crippen molar-refractivity contribution in [3.8, 4) is 0 Å². The lowest BCUT2D eigenvalue weighted by Crippen LogP contribution is -2.18. The van der Waals surface area contributed by atoms with Crippen molar-refractivity contribution in [1.29, 1.82) is 0 Å².